The zero-order chi connectivity index (χ0) is 17.9. The van der Waals surface area contributed by atoms with E-state index >= 15 is 0 Å². The molecule has 156 valence electrons. The van der Waals surface area contributed by atoms with Crippen LogP contribution in [0, 0.1) is 6.92 Å². The van der Waals surface area contributed by atoms with Gasteiger partial charge in [-0.15, -0.1) is 24.8 Å². The first-order valence-electron chi connectivity index (χ1n) is 9.61. The van der Waals surface area contributed by atoms with Crippen LogP contribution in [0.5, 0.6) is 0 Å². The first-order chi connectivity index (χ1) is 12.7. The monoisotopic (exact) mass is 428 g/mol. The molecule has 0 spiro atoms. The maximum atomic E-state index is 12.6. The van der Waals surface area contributed by atoms with Gasteiger partial charge in [-0.25, -0.2) is 0 Å². The van der Waals surface area contributed by atoms with Crippen molar-refractivity contribution in [1.29, 1.82) is 0 Å². The number of nitrogens with one attached hydrogen (secondary N) is 1. The van der Waals surface area contributed by atoms with Crippen molar-refractivity contribution in [1.82, 2.24) is 14.8 Å². The molecule has 2 aliphatic heterocycles. The summed E-state index contributed by atoms with van der Waals surface area (Å²) in [6, 6.07) is 8.19. The maximum absolute atomic E-state index is 12.6. The second-order valence-electron chi connectivity index (χ2n) is 7.31. The summed E-state index contributed by atoms with van der Waals surface area (Å²) < 4.78 is 5.41. The first kappa shape index (κ1) is 23.0. The molecule has 2 saturated heterocycles. The minimum atomic E-state index is 0. The summed E-state index contributed by atoms with van der Waals surface area (Å²) in [7, 11) is 0. The number of H-pyrrole nitrogens is 1. The smallest absolute Gasteiger partial charge is 0.271 e. The third-order valence-corrected chi connectivity index (χ3v) is 5.62. The van der Waals surface area contributed by atoms with E-state index in [-0.39, 0.29) is 30.4 Å². The van der Waals surface area contributed by atoms with Crippen LogP contribution >= 0.6 is 24.8 Å². The highest BCUT2D eigenvalue weighted by atomic mass is 35.5. The molecule has 1 N–H and O–H groups in total. The topological polar surface area (TPSA) is 51.8 Å². The molecule has 0 saturated carbocycles. The molecule has 2 aliphatic rings. The van der Waals surface area contributed by atoms with E-state index in [1.807, 2.05) is 25.1 Å². The lowest BCUT2D eigenvalue weighted by atomic mass is 10.1. The van der Waals surface area contributed by atoms with Crippen molar-refractivity contribution in [2.75, 3.05) is 70.5 Å². The van der Waals surface area contributed by atoms with Gasteiger partial charge in [-0.3, -0.25) is 14.6 Å². The highest BCUT2D eigenvalue weighted by molar-refractivity contribution is 5.86. The SMILES string of the molecule is Cc1cccc2cc(N3CCN(CCN4CCOCC4)CC3)c(=O)[nH]c12.Cl.Cl. The van der Waals surface area contributed by atoms with Crippen LogP contribution in [0.25, 0.3) is 10.9 Å². The number of morpholine rings is 1. The molecule has 2 fully saturated rings. The molecule has 0 aliphatic carbocycles. The number of aromatic nitrogens is 1. The number of anilines is 1. The molecule has 1 aromatic heterocycles. The molecule has 0 atom stereocenters. The molecule has 1 aromatic carbocycles. The van der Waals surface area contributed by atoms with Crippen LogP contribution < -0.4 is 10.5 Å². The predicted molar refractivity (Wildman–Crippen MR) is 120 cm³/mol. The molecule has 0 unspecified atom stereocenters. The summed E-state index contributed by atoms with van der Waals surface area (Å²) in [5.41, 5.74) is 2.88. The van der Waals surface area contributed by atoms with Gasteiger partial charge in [0.25, 0.3) is 5.56 Å². The molecule has 0 radical (unpaired) electrons. The highest BCUT2D eigenvalue weighted by Gasteiger charge is 2.20. The minimum Gasteiger partial charge on any atom is -0.379 e. The number of halogens is 2. The van der Waals surface area contributed by atoms with Crippen molar-refractivity contribution >= 4 is 41.4 Å². The number of piperazine rings is 1. The van der Waals surface area contributed by atoms with Gasteiger partial charge in [0.2, 0.25) is 0 Å². The van der Waals surface area contributed by atoms with E-state index in [1.54, 1.807) is 0 Å². The number of fused-ring (bicyclic) bond motifs is 1. The van der Waals surface area contributed by atoms with Gasteiger partial charge in [-0.2, -0.15) is 0 Å². The summed E-state index contributed by atoms with van der Waals surface area (Å²) >= 11 is 0. The Hall–Kier alpha value is -1.31. The van der Waals surface area contributed by atoms with E-state index in [0.717, 1.165) is 87.7 Å². The fraction of sp³-hybridized carbons (Fsp3) is 0.550. The second-order valence-corrected chi connectivity index (χ2v) is 7.31. The average molecular weight is 429 g/mol. The number of aromatic amines is 1. The van der Waals surface area contributed by atoms with Gasteiger partial charge in [-0.05, 0) is 18.6 Å². The van der Waals surface area contributed by atoms with E-state index in [0.29, 0.717) is 0 Å². The quantitative estimate of drug-likeness (QED) is 0.807. The van der Waals surface area contributed by atoms with Crippen molar-refractivity contribution in [2.24, 2.45) is 0 Å². The van der Waals surface area contributed by atoms with Gasteiger partial charge in [0.1, 0.15) is 5.69 Å². The number of ether oxygens (including phenoxy) is 1. The van der Waals surface area contributed by atoms with Crippen LogP contribution in [0.3, 0.4) is 0 Å². The lowest BCUT2D eigenvalue weighted by molar-refractivity contribution is 0.0331. The Morgan fingerprint density at radius 3 is 2.29 bits per heavy atom. The number of aryl methyl sites for hydroxylation is 1. The largest absolute Gasteiger partial charge is 0.379 e. The van der Waals surface area contributed by atoms with E-state index < -0.39 is 0 Å². The summed E-state index contributed by atoms with van der Waals surface area (Å²) in [5.74, 6) is 0. The third-order valence-electron chi connectivity index (χ3n) is 5.62. The zero-order valence-corrected chi connectivity index (χ0v) is 18.0. The molecule has 8 heteroatoms. The van der Waals surface area contributed by atoms with E-state index in [9.17, 15) is 4.79 Å². The Labute approximate surface area is 178 Å². The van der Waals surface area contributed by atoms with Gasteiger partial charge in [0.05, 0.1) is 18.7 Å². The highest BCUT2D eigenvalue weighted by Crippen LogP contribution is 2.20. The average Bonchev–Trinajstić information content (AvgIpc) is 2.68. The molecular weight excluding hydrogens is 399 g/mol. The van der Waals surface area contributed by atoms with Crippen LogP contribution in [0.15, 0.2) is 29.1 Å². The second kappa shape index (κ2) is 10.5. The number of hydrogen-bond donors (Lipinski definition) is 1. The van der Waals surface area contributed by atoms with Gasteiger partial charge >= 0.3 is 0 Å². The predicted octanol–water partition coefficient (Wildman–Crippen LogP) is 2.13. The Morgan fingerprint density at radius 2 is 1.61 bits per heavy atom. The lowest BCUT2D eigenvalue weighted by Crippen LogP contribution is -2.50. The molecular formula is C20H30Cl2N4O2. The van der Waals surface area contributed by atoms with Gasteiger partial charge in [0, 0.05) is 57.7 Å². The Bertz CT molecular complexity index is 815. The molecule has 0 amide bonds. The normalized spacial score (nSPS) is 18.5. The molecule has 3 heterocycles. The zero-order valence-electron chi connectivity index (χ0n) is 16.4. The van der Waals surface area contributed by atoms with Gasteiger partial charge in [0.15, 0.2) is 0 Å². The lowest BCUT2D eigenvalue weighted by Gasteiger charge is -2.37. The number of pyridine rings is 1. The van der Waals surface area contributed by atoms with Crippen molar-refractivity contribution in [3.8, 4) is 0 Å². The van der Waals surface area contributed by atoms with Crippen molar-refractivity contribution in [2.45, 2.75) is 6.92 Å². The number of hydrogen-bond acceptors (Lipinski definition) is 5. The fourth-order valence-electron chi connectivity index (χ4n) is 3.93. The van der Waals surface area contributed by atoms with Crippen LogP contribution in [0.1, 0.15) is 5.56 Å². The van der Waals surface area contributed by atoms with Gasteiger partial charge < -0.3 is 14.6 Å². The van der Waals surface area contributed by atoms with Crippen LogP contribution in [0.4, 0.5) is 5.69 Å². The summed E-state index contributed by atoms with van der Waals surface area (Å²) in [4.78, 5) is 22.9. The van der Waals surface area contributed by atoms with Crippen molar-refractivity contribution in [3.05, 3.63) is 40.2 Å². The third kappa shape index (κ3) is 5.19. The maximum Gasteiger partial charge on any atom is 0.271 e. The molecule has 4 rings (SSSR count). The summed E-state index contributed by atoms with van der Waals surface area (Å²) in [5, 5.41) is 1.11. The fourth-order valence-corrected chi connectivity index (χ4v) is 3.93. The van der Waals surface area contributed by atoms with E-state index in [1.165, 1.54) is 0 Å². The number of nitrogens with zero attached hydrogens (tertiary/aromatic N) is 3. The number of para-hydroxylation sites is 1. The van der Waals surface area contributed by atoms with Crippen LogP contribution in [0.2, 0.25) is 0 Å². The molecule has 2 aromatic rings. The number of benzene rings is 1. The van der Waals surface area contributed by atoms with E-state index in [2.05, 4.69) is 25.8 Å². The van der Waals surface area contributed by atoms with E-state index in [4.69, 9.17) is 4.74 Å². The minimum absolute atomic E-state index is 0. The molecule has 6 nitrogen and oxygen atoms in total. The Kier molecular flexibility index (Phi) is 8.58. The van der Waals surface area contributed by atoms with Crippen molar-refractivity contribution in [3.63, 3.8) is 0 Å². The summed E-state index contributed by atoms with van der Waals surface area (Å²) in [6.07, 6.45) is 0. The Morgan fingerprint density at radius 1 is 0.964 bits per heavy atom. The Balaban J connectivity index is 0.00000140. The van der Waals surface area contributed by atoms with Crippen molar-refractivity contribution < 1.29 is 4.74 Å². The standard InChI is InChI=1S/C20H28N4O2.2ClH/c1-16-3-2-4-17-15-18(20(25)21-19(16)17)24-9-7-22(8-10-24)5-6-23-11-13-26-14-12-23;;/h2-4,15H,5-14H2,1H3,(H,21,25);2*1H. The van der Waals surface area contributed by atoms with Crippen LogP contribution in [-0.4, -0.2) is 80.4 Å². The van der Waals surface area contributed by atoms with Gasteiger partial charge in [-0.1, -0.05) is 18.2 Å². The molecule has 28 heavy (non-hydrogen) atoms. The van der Waals surface area contributed by atoms with Crippen LogP contribution in [-0.2, 0) is 4.74 Å². The number of rotatable bonds is 4. The summed E-state index contributed by atoms with van der Waals surface area (Å²) in [6.45, 7) is 11.9. The molecule has 0 bridgehead atoms. The first-order valence-corrected chi connectivity index (χ1v) is 9.61.